The van der Waals surface area contributed by atoms with Crippen LogP contribution in [0.5, 0.6) is 0 Å². The van der Waals surface area contributed by atoms with Crippen LogP contribution >= 0.6 is 0 Å². The van der Waals surface area contributed by atoms with Gasteiger partial charge in [0.2, 0.25) is 0 Å². The van der Waals surface area contributed by atoms with E-state index in [-0.39, 0.29) is 13.1 Å². The zero-order valence-electron chi connectivity index (χ0n) is 23.6. The highest BCUT2D eigenvalue weighted by atomic mass is 16.4. The van der Waals surface area contributed by atoms with Crippen LogP contribution in [-0.2, 0) is 47.9 Å². The molecular formula is C22H33N3O21. The van der Waals surface area contributed by atoms with Crippen molar-refractivity contribution in [1.29, 1.82) is 0 Å². The average molecular weight is 676 g/mol. The molecule has 0 aliphatic heterocycles. The normalized spacial score (nSPS) is 10.5. The fourth-order valence-corrected chi connectivity index (χ4v) is 2.93. The molecule has 0 spiro atoms. The van der Waals surface area contributed by atoms with Gasteiger partial charge in [-0.05, 0) is 0 Å². The van der Waals surface area contributed by atoms with E-state index >= 15 is 0 Å². The van der Waals surface area contributed by atoms with Gasteiger partial charge in [-0.15, -0.1) is 0 Å². The summed E-state index contributed by atoms with van der Waals surface area (Å²) in [5, 5.41) is 93.1. The molecule has 0 aromatic carbocycles. The maximum atomic E-state index is 10.6. The number of aliphatic hydroxyl groups is 1. The van der Waals surface area contributed by atoms with Gasteiger partial charge in [-0.3, -0.25) is 57.9 Å². The molecule has 0 atom stereocenters. The molecule has 0 unspecified atom stereocenters. The zero-order chi connectivity index (χ0) is 36.8. The second-order valence-electron chi connectivity index (χ2n) is 8.80. The van der Waals surface area contributed by atoms with Gasteiger partial charge < -0.3 is 56.2 Å². The van der Waals surface area contributed by atoms with E-state index in [1.165, 1.54) is 0 Å². The largest absolute Gasteiger partial charge is 0.481 e. The standard InChI is InChI=1S/C10H16N2O8.C6H9NO6.C6H8O7/c13-7(14)3-11(4-8(15)16)1-2-12(5-9(17)18)6-10(19)20;8-4(9)1-7(2-5(10)11)3-6(12)13;7-3(8)1-6(13,5(11)12)2-4(9)10/h1-6H2,(H,13,14)(H,15,16)(H,17,18)(H,19,20);1-3H2,(H,8,9)(H,10,11)(H,12,13);13H,1-2H2,(H,7,8)(H,9,10)(H,11,12). The Bertz CT molecular complexity index is 1000. The molecule has 0 fully saturated rings. The summed E-state index contributed by atoms with van der Waals surface area (Å²) >= 11 is 0. The Morgan fingerprint density at radius 1 is 0.348 bits per heavy atom. The highest BCUT2D eigenvalue weighted by molar-refractivity contribution is 5.88. The van der Waals surface area contributed by atoms with Gasteiger partial charge in [0.25, 0.3) is 0 Å². The van der Waals surface area contributed by atoms with Gasteiger partial charge in [-0.2, -0.15) is 0 Å². The van der Waals surface area contributed by atoms with Crippen molar-refractivity contribution < 1.29 is 104 Å². The number of carboxylic acid groups (broad SMARTS) is 10. The first-order chi connectivity index (χ1) is 20.9. The van der Waals surface area contributed by atoms with Crippen LogP contribution in [0.1, 0.15) is 12.8 Å². The monoisotopic (exact) mass is 675 g/mol. The van der Waals surface area contributed by atoms with E-state index in [4.69, 9.17) is 56.2 Å². The molecule has 0 heterocycles. The molecule has 0 radical (unpaired) electrons. The molecule has 0 bridgehead atoms. The number of hydrogen-bond donors (Lipinski definition) is 11. The molecule has 0 saturated carbocycles. The van der Waals surface area contributed by atoms with Crippen molar-refractivity contribution >= 4 is 59.7 Å². The van der Waals surface area contributed by atoms with Crippen molar-refractivity contribution in [1.82, 2.24) is 14.7 Å². The minimum absolute atomic E-state index is 0.0703. The smallest absolute Gasteiger partial charge is 0.336 e. The first-order valence-electron chi connectivity index (χ1n) is 12.0. The lowest BCUT2D eigenvalue weighted by molar-refractivity contribution is -0.170. The van der Waals surface area contributed by atoms with Crippen molar-refractivity contribution in [2.75, 3.05) is 58.9 Å². The minimum Gasteiger partial charge on any atom is -0.481 e. The molecule has 24 heteroatoms. The number of hydrogen-bond acceptors (Lipinski definition) is 14. The van der Waals surface area contributed by atoms with Crippen molar-refractivity contribution in [3.8, 4) is 0 Å². The summed E-state index contributed by atoms with van der Waals surface area (Å²) in [6.45, 7) is -4.05. The fourth-order valence-electron chi connectivity index (χ4n) is 2.93. The van der Waals surface area contributed by atoms with E-state index in [1.54, 1.807) is 0 Å². The lowest BCUT2D eigenvalue weighted by Gasteiger charge is -2.23. The van der Waals surface area contributed by atoms with E-state index in [0.29, 0.717) is 0 Å². The summed E-state index contributed by atoms with van der Waals surface area (Å²) in [5.74, 6) is -13.7. The number of rotatable bonds is 22. The molecule has 0 amide bonds. The summed E-state index contributed by atoms with van der Waals surface area (Å²) < 4.78 is 0. The van der Waals surface area contributed by atoms with Gasteiger partial charge in [0.1, 0.15) is 0 Å². The van der Waals surface area contributed by atoms with Crippen molar-refractivity contribution in [3.05, 3.63) is 0 Å². The molecule has 0 rings (SSSR count). The lowest BCUT2D eigenvalue weighted by Crippen LogP contribution is -2.43. The molecule has 0 aliphatic rings. The van der Waals surface area contributed by atoms with Gasteiger partial charge in [0.15, 0.2) is 5.60 Å². The molecular weight excluding hydrogens is 642 g/mol. The molecule has 0 aliphatic carbocycles. The number of carbonyl (C=O) groups is 10. The first kappa shape index (κ1) is 45.0. The highest BCUT2D eigenvalue weighted by Crippen LogP contribution is 2.15. The summed E-state index contributed by atoms with van der Waals surface area (Å²) in [6, 6.07) is 0. The van der Waals surface area contributed by atoms with E-state index in [2.05, 4.69) is 0 Å². The van der Waals surface area contributed by atoms with E-state index < -0.39 is 124 Å². The van der Waals surface area contributed by atoms with Gasteiger partial charge in [-0.25, -0.2) is 4.79 Å². The van der Waals surface area contributed by atoms with Crippen LogP contribution in [0.2, 0.25) is 0 Å². The molecule has 46 heavy (non-hydrogen) atoms. The quantitative estimate of drug-likeness (QED) is 0.0512. The van der Waals surface area contributed by atoms with Gasteiger partial charge in [0.05, 0.1) is 58.7 Å². The number of aliphatic carboxylic acids is 10. The van der Waals surface area contributed by atoms with Crippen LogP contribution in [-0.4, -0.2) is 195 Å². The van der Waals surface area contributed by atoms with Crippen LogP contribution in [0, 0.1) is 0 Å². The van der Waals surface area contributed by atoms with E-state index in [1.807, 2.05) is 0 Å². The maximum absolute atomic E-state index is 10.6. The Morgan fingerprint density at radius 2 is 0.543 bits per heavy atom. The van der Waals surface area contributed by atoms with Crippen molar-refractivity contribution in [3.63, 3.8) is 0 Å². The summed E-state index contributed by atoms with van der Waals surface area (Å²) in [4.78, 5) is 106. The number of nitrogens with zero attached hydrogens (tertiary/aromatic N) is 3. The Morgan fingerprint density at radius 3 is 0.696 bits per heavy atom. The minimum atomic E-state index is -2.74. The SMILES string of the molecule is O=C(O)CC(O)(CC(=O)O)C(=O)O.O=C(O)CN(CC(=O)O)CC(=O)O.O=C(O)CN(CCN(CC(=O)O)CC(=O)O)CC(=O)O. The van der Waals surface area contributed by atoms with Crippen LogP contribution < -0.4 is 0 Å². The molecule has 0 saturated heterocycles. The topological polar surface area (TPSA) is 403 Å². The van der Waals surface area contributed by atoms with Gasteiger partial charge >= 0.3 is 59.7 Å². The van der Waals surface area contributed by atoms with Crippen molar-refractivity contribution in [2.24, 2.45) is 0 Å². The van der Waals surface area contributed by atoms with Crippen molar-refractivity contribution in [2.45, 2.75) is 18.4 Å². The third kappa shape index (κ3) is 28.6. The molecule has 0 aromatic rings. The lowest BCUT2D eigenvalue weighted by atomic mass is 9.96. The fraction of sp³-hybridized carbons (Fsp3) is 0.545. The first-order valence-corrected chi connectivity index (χ1v) is 12.0. The predicted octanol–water partition coefficient (Wildman–Crippen LogP) is -4.78. The Hall–Kier alpha value is -5.46. The van der Waals surface area contributed by atoms with E-state index in [9.17, 15) is 47.9 Å². The predicted molar refractivity (Wildman–Crippen MR) is 140 cm³/mol. The van der Waals surface area contributed by atoms with Crippen LogP contribution in [0.25, 0.3) is 0 Å². The van der Waals surface area contributed by atoms with Gasteiger partial charge in [-0.1, -0.05) is 0 Å². The molecule has 11 N–H and O–H groups in total. The third-order valence-electron chi connectivity index (χ3n) is 4.53. The molecule has 24 nitrogen and oxygen atoms in total. The zero-order valence-corrected chi connectivity index (χ0v) is 23.6. The maximum Gasteiger partial charge on any atom is 0.336 e. The Labute approximate surface area is 256 Å². The second kappa shape index (κ2) is 23.0. The summed E-state index contributed by atoms with van der Waals surface area (Å²) in [7, 11) is 0. The van der Waals surface area contributed by atoms with E-state index in [0.717, 1.165) is 14.7 Å². The van der Waals surface area contributed by atoms with Crippen LogP contribution in [0.4, 0.5) is 0 Å². The van der Waals surface area contributed by atoms with Crippen LogP contribution in [0.15, 0.2) is 0 Å². The average Bonchev–Trinajstić information content (AvgIpc) is 2.79. The summed E-state index contributed by atoms with van der Waals surface area (Å²) in [6.07, 6.45) is -2.29. The van der Waals surface area contributed by atoms with Crippen LogP contribution in [0.3, 0.4) is 0 Å². The summed E-state index contributed by atoms with van der Waals surface area (Å²) in [5.41, 5.74) is -2.74. The van der Waals surface area contributed by atoms with Gasteiger partial charge in [0, 0.05) is 13.1 Å². The Kier molecular flexibility index (Phi) is 22.5. The molecule has 262 valence electrons. The third-order valence-corrected chi connectivity index (χ3v) is 4.53. The highest BCUT2D eigenvalue weighted by Gasteiger charge is 2.40. The Balaban J connectivity index is -0.000000627. The second-order valence-corrected chi connectivity index (χ2v) is 8.80. The molecule has 0 aromatic heterocycles. The number of carboxylic acids is 10.